The highest BCUT2D eigenvalue weighted by Gasteiger charge is 2.23. The Kier molecular flexibility index (Phi) is 3.77. The summed E-state index contributed by atoms with van der Waals surface area (Å²) >= 11 is 0. The van der Waals surface area contributed by atoms with Gasteiger partial charge in [0.15, 0.2) is 5.03 Å². The second-order valence-electron chi connectivity index (χ2n) is 4.56. The predicted octanol–water partition coefficient (Wildman–Crippen LogP) is 1.35. The molecule has 2 rings (SSSR count). The first-order valence-corrected chi connectivity index (χ1v) is 7.72. The van der Waals surface area contributed by atoms with Crippen LogP contribution in [0.2, 0.25) is 0 Å². The van der Waals surface area contributed by atoms with Crippen molar-refractivity contribution in [3.05, 3.63) is 29.5 Å². The zero-order valence-electron chi connectivity index (χ0n) is 11.8. The third-order valence-electron chi connectivity index (χ3n) is 2.98. The van der Waals surface area contributed by atoms with E-state index in [0.717, 1.165) is 0 Å². The highest BCUT2D eigenvalue weighted by atomic mass is 32.2. The third-order valence-corrected chi connectivity index (χ3v) is 4.22. The number of H-pyrrole nitrogens is 1. The predicted molar refractivity (Wildman–Crippen MR) is 75.9 cm³/mol. The summed E-state index contributed by atoms with van der Waals surface area (Å²) in [6.45, 7) is 5.81. The number of hydrogen-bond acceptors (Lipinski definition) is 4. The average molecular weight is 312 g/mol. The molecule has 8 nitrogen and oxygen atoms in total. The zero-order valence-corrected chi connectivity index (χ0v) is 12.7. The molecule has 2 aromatic heterocycles. The molecular weight excluding hydrogens is 296 g/mol. The van der Waals surface area contributed by atoms with Crippen molar-refractivity contribution in [1.82, 2.24) is 14.5 Å². The highest BCUT2D eigenvalue weighted by Crippen LogP contribution is 2.21. The lowest BCUT2D eigenvalue weighted by Crippen LogP contribution is -2.15. The van der Waals surface area contributed by atoms with E-state index in [2.05, 4.69) is 14.7 Å². The first-order valence-electron chi connectivity index (χ1n) is 6.24. The normalized spacial score (nSPS) is 11.6. The fraction of sp³-hybridized carbons (Fsp3) is 0.333. The quantitative estimate of drug-likeness (QED) is 0.770. The van der Waals surface area contributed by atoms with Gasteiger partial charge in [-0.3, -0.25) is 4.72 Å². The molecule has 2 heterocycles. The van der Waals surface area contributed by atoms with Gasteiger partial charge >= 0.3 is 5.97 Å². The van der Waals surface area contributed by atoms with Crippen molar-refractivity contribution in [3.63, 3.8) is 0 Å². The minimum absolute atomic E-state index is 0.0105. The van der Waals surface area contributed by atoms with Crippen LogP contribution in [0.1, 0.15) is 28.9 Å². The van der Waals surface area contributed by atoms with Gasteiger partial charge in [-0.25, -0.2) is 9.78 Å². The number of carbonyl (C=O) groups is 1. The van der Waals surface area contributed by atoms with Gasteiger partial charge in [-0.05, 0) is 26.8 Å². The molecule has 0 unspecified atom stereocenters. The number of carboxylic acids is 1. The molecule has 0 radical (unpaired) electrons. The Morgan fingerprint density at radius 3 is 2.67 bits per heavy atom. The van der Waals surface area contributed by atoms with E-state index >= 15 is 0 Å². The molecule has 0 aliphatic heterocycles. The Labute approximate surface area is 121 Å². The number of sulfonamides is 1. The molecule has 0 saturated carbocycles. The molecule has 0 amide bonds. The van der Waals surface area contributed by atoms with Crippen LogP contribution < -0.4 is 4.72 Å². The summed E-state index contributed by atoms with van der Waals surface area (Å²) in [5.74, 6) is -0.669. The Balaban J connectivity index is 2.39. The monoisotopic (exact) mass is 312 g/mol. The summed E-state index contributed by atoms with van der Waals surface area (Å²) in [5.41, 5.74) is 0.326. The maximum absolute atomic E-state index is 12.3. The number of carboxylic acid groups (broad SMARTS) is 1. The smallest absolute Gasteiger partial charge is 0.354 e. The van der Waals surface area contributed by atoms with Crippen LogP contribution in [0.25, 0.3) is 0 Å². The van der Waals surface area contributed by atoms with Crippen LogP contribution in [-0.2, 0) is 16.6 Å². The standard InChI is InChI=1S/C12H16N4O4S/c1-4-16-6-10(14-8(16)3)21(19,20)15-9-5-7(2)13-11(9)12(17)18/h5-6,13,15H,4H2,1-3H3,(H,17,18). The van der Waals surface area contributed by atoms with Gasteiger partial charge in [0, 0.05) is 18.4 Å². The van der Waals surface area contributed by atoms with Crippen LogP contribution in [0, 0.1) is 13.8 Å². The first-order chi connectivity index (χ1) is 9.74. The van der Waals surface area contributed by atoms with Crippen molar-refractivity contribution >= 4 is 21.7 Å². The Morgan fingerprint density at radius 1 is 1.48 bits per heavy atom. The lowest BCUT2D eigenvalue weighted by atomic mass is 10.4. The van der Waals surface area contributed by atoms with E-state index in [1.54, 1.807) is 18.4 Å². The van der Waals surface area contributed by atoms with E-state index in [4.69, 9.17) is 5.11 Å². The number of aromatic nitrogens is 3. The minimum atomic E-state index is -3.93. The molecule has 3 N–H and O–H groups in total. The molecule has 0 fully saturated rings. The molecule has 2 aromatic rings. The maximum atomic E-state index is 12.3. The molecule has 0 bridgehead atoms. The minimum Gasteiger partial charge on any atom is -0.477 e. The van der Waals surface area contributed by atoms with Crippen LogP contribution in [0.15, 0.2) is 17.3 Å². The van der Waals surface area contributed by atoms with E-state index < -0.39 is 16.0 Å². The van der Waals surface area contributed by atoms with Gasteiger partial charge in [-0.1, -0.05) is 0 Å². The molecule has 21 heavy (non-hydrogen) atoms. The Morgan fingerprint density at radius 2 is 2.14 bits per heavy atom. The second kappa shape index (κ2) is 5.24. The van der Waals surface area contributed by atoms with Gasteiger partial charge in [0.25, 0.3) is 10.0 Å². The lowest BCUT2D eigenvalue weighted by molar-refractivity contribution is 0.0692. The number of aryl methyl sites for hydroxylation is 3. The van der Waals surface area contributed by atoms with E-state index in [1.165, 1.54) is 12.3 Å². The summed E-state index contributed by atoms with van der Waals surface area (Å²) in [6.07, 6.45) is 1.41. The van der Waals surface area contributed by atoms with Crippen molar-refractivity contribution in [2.75, 3.05) is 4.72 Å². The van der Waals surface area contributed by atoms with Crippen molar-refractivity contribution < 1.29 is 18.3 Å². The molecule has 0 aliphatic rings. The number of nitrogens with one attached hydrogen (secondary N) is 2. The summed E-state index contributed by atoms with van der Waals surface area (Å²) in [4.78, 5) is 17.7. The number of nitrogens with zero attached hydrogens (tertiary/aromatic N) is 2. The topological polar surface area (TPSA) is 117 Å². The summed E-state index contributed by atoms with van der Waals surface area (Å²) < 4.78 is 28.5. The number of hydrogen-bond donors (Lipinski definition) is 3. The number of imidazole rings is 1. The molecule has 0 aromatic carbocycles. The van der Waals surface area contributed by atoms with Crippen molar-refractivity contribution in [2.45, 2.75) is 32.3 Å². The van der Waals surface area contributed by atoms with Gasteiger partial charge in [-0.2, -0.15) is 8.42 Å². The van der Waals surface area contributed by atoms with Gasteiger partial charge < -0.3 is 14.7 Å². The molecule has 114 valence electrons. The van der Waals surface area contributed by atoms with E-state index in [9.17, 15) is 13.2 Å². The van der Waals surface area contributed by atoms with Crippen LogP contribution in [0.4, 0.5) is 5.69 Å². The SMILES string of the molecule is CCn1cc(S(=O)(=O)Nc2cc(C)[nH]c2C(=O)O)nc1C. The van der Waals surface area contributed by atoms with Crippen LogP contribution >= 0.6 is 0 Å². The third kappa shape index (κ3) is 2.92. The summed E-state index contributed by atoms with van der Waals surface area (Å²) in [5, 5.41) is 8.91. The van der Waals surface area contributed by atoms with E-state index in [0.29, 0.717) is 18.1 Å². The molecule has 9 heteroatoms. The second-order valence-corrected chi connectivity index (χ2v) is 6.19. The number of anilines is 1. The van der Waals surface area contributed by atoms with Gasteiger partial charge in [0.05, 0.1) is 5.69 Å². The molecular formula is C12H16N4O4S. The van der Waals surface area contributed by atoms with Crippen molar-refractivity contribution in [3.8, 4) is 0 Å². The van der Waals surface area contributed by atoms with Crippen LogP contribution in [0.3, 0.4) is 0 Å². The number of rotatable bonds is 5. The summed E-state index contributed by atoms with van der Waals surface area (Å²) in [7, 11) is -3.93. The Hall–Kier alpha value is -2.29. The van der Waals surface area contributed by atoms with Gasteiger partial charge in [-0.15, -0.1) is 0 Å². The molecule has 0 saturated heterocycles. The molecule has 0 spiro atoms. The average Bonchev–Trinajstić information content (AvgIpc) is 2.92. The summed E-state index contributed by atoms with van der Waals surface area (Å²) in [6, 6.07) is 1.42. The molecule has 0 aliphatic carbocycles. The number of aromatic carboxylic acids is 1. The number of aromatic amines is 1. The van der Waals surface area contributed by atoms with E-state index in [-0.39, 0.29) is 16.4 Å². The van der Waals surface area contributed by atoms with Gasteiger partial charge in [0.1, 0.15) is 11.5 Å². The zero-order chi connectivity index (χ0) is 15.8. The fourth-order valence-corrected chi connectivity index (χ4v) is 3.04. The van der Waals surface area contributed by atoms with Gasteiger partial charge in [0.2, 0.25) is 0 Å². The Bertz CT molecular complexity index is 788. The van der Waals surface area contributed by atoms with Crippen molar-refractivity contribution in [1.29, 1.82) is 0 Å². The largest absolute Gasteiger partial charge is 0.477 e. The maximum Gasteiger partial charge on any atom is 0.354 e. The fourth-order valence-electron chi connectivity index (χ4n) is 1.96. The highest BCUT2D eigenvalue weighted by molar-refractivity contribution is 7.92. The molecule has 0 atom stereocenters. The van der Waals surface area contributed by atoms with Crippen LogP contribution in [-0.4, -0.2) is 34.0 Å². The lowest BCUT2D eigenvalue weighted by Gasteiger charge is -2.04. The van der Waals surface area contributed by atoms with E-state index in [1.807, 2.05) is 6.92 Å². The van der Waals surface area contributed by atoms with Crippen LogP contribution in [0.5, 0.6) is 0 Å². The first kappa shape index (κ1) is 15.1. The van der Waals surface area contributed by atoms with Crippen molar-refractivity contribution in [2.24, 2.45) is 0 Å².